The van der Waals surface area contributed by atoms with Crippen LogP contribution in [0.25, 0.3) is 0 Å². The summed E-state index contributed by atoms with van der Waals surface area (Å²) in [6.07, 6.45) is 8.13. The zero-order valence-corrected chi connectivity index (χ0v) is 23.8. The molecular weight excluding hydrogens is 521 g/mol. The van der Waals surface area contributed by atoms with Crippen LogP contribution in [-0.4, -0.2) is 66.6 Å². The van der Waals surface area contributed by atoms with E-state index in [2.05, 4.69) is 5.32 Å². The average Bonchev–Trinajstić information content (AvgIpc) is 3.34. The van der Waals surface area contributed by atoms with Gasteiger partial charge in [0.05, 0.1) is 22.8 Å². The molecule has 5 N–H and O–H groups in total. The van der Waals surface area contributed by atoms with Crippen LogP contribution in [0.15, 0.2) is 18.2 Å². The van der Waals surface area contributed by atoms with Crippen LogP contribution in [0.3, 0.4) is 0 Å². The van der Waals surface area contributed by atoms with E-state index < -0.39 is 23.6 Å². The minimum absolute atomic E-state index is 0.0258. The van der Waals surface area contributed by atoms with Gasteiger partial charge >= 0.3 is 6.03 Å². The minimum atomic E-state index is -1.48. The van der Waals surface area contributed by atoms with Gasteiger partial charge in [0.15, 0.2) is 0 Å². The Morgan fingerprint density at radius 1 is 1.31 bits per heavy atom. The Kier molecular flexibility index (Phi) is 8.80. The number of amides is 2. The Morgan fingerprint density at radius 2 is 2.05 bits per heavy atom. The number of carbonyl (C=O) groups excluding carboxylic acids is 1. The molecule has 1 aromatic carbocycles. The largest absolute Gasteiger partial charge is 0.390 e. The third-order valence-electron chi connectivity index (χ3n) is 10.5. The molecule has 9 heteroatoms. The number of methoxy groups -OCH3 is 1. The van der Waals surface area contributed by atoms with Crippen molar-refractivity contribution < 1.29 is 24.1 Å². The third kappa shape index (κ3) is 5.44. The van der Waals surface area contributed by atoms with Gasteiger partial charge in [0, 0.05) is 50.2 Å². The lowest BCUT2D eigenvalue weighted by atomic mass is 9.70. The molecule has 4 aliphatic carbocycles. The van der Waals surface area contributed by atoms with Crippen molar-refractivity contribution in [2.75, 3.05) is 33.4 Å². The summed E-state index contributed by atoms with van der Waals surface area (Å²) in [7, 11) is 1.63. The van der Waals surface area contributed by atoms with Gasteiger partial charge in [-0.2, -0.15) is 0 Å². The zero-order chi connectivity index (χ0) is 27.8. The number of urea groups is 1. The molecule has 0 spiro atoms. The number of rotatable bonds is 11. The van der Waals surface area contributed by atoms with Crippen LogP contribution in [0.2, 0.25) is 5.02 Å². The Labute approximate surface area is 236 Å². The highest BCUT2D eigenvalue weighted by Gasteiger charge is 2.61. The molecule has 4 bridgehead atoms. The average molecular weight is 566 g/mol. The first kappa shape index (κ1) is 29.1. The fourth-order valence-electron chi connectivity index (χ4n) is 8.85. The van der Waals surface area contributed by atoms with E-state index in [0.717, 1.165) is 19.3 Å². The summed E-state index contributed by atoms with van der Waals surface area (Å²) >= 11 is 6.11. The number of likely N-dealkylation sites (tertiary alicyclic amines) is 1. The maximum Gasteiger partial charge on any atom is 0.317 e. The topological polar surface area (TPSA) is 108 Å². The van der Waals surface area contributed by atoms with Crippen molar-refractivity contribution in [2.24, 2.45) is 34.8 Å². The summed E-state index contributed by atoms with van der Waals surface area (Å²) in [4.78, 5) is 15.2. The van der Waals surface area contributed by atoms with E-state index in [0.29, 0.717) is 56.6 Å². The van der Waals surface area contributed by atoms with Crippen LogP contribution in [0.4, 0.5) is 9.18 Å². The van der Waals surface area contributed by atoms with Crippen molar-refractivity contribution >= 4 is 17.6 Å². The first-order valence-electron chi connectivity index (χ1n) is 14.8. The van der Waals surface area contributed by atoms with Crippen molar-refractivity contribution in [3.63, 3.8) is 0 Å². The van der Waals surface area contributed by atoms with E-state index in [1.54, 1.807) is 24.1 Å². The molecule has 7 nitrogen and oxygen atoms in total. The minimum Gasteiger partial charge on any atom is -0.390 e. The summed E-state index contributed by atoms with van der Waals surface area (Å²) in [5.41, 5.74) is 4.71. The molecule has 6 rings (SSSR count). The Morgan fingerprint density at radius 3 is 2.74 bits per heavy atom. The number of aliphatic hydroxyl groups excluding tert-OH is 1. The van der Waals surface area contributed by atoms with Gasteiger partial charge in [0.25, 0.3) is 0 Å². The van der Waals surface area contributed by atoms with Crippen LogP contribution < -0.4 is 11.1 Å². The van der Waals surface area contributed by atoms with Crippen LogP contribution >= 0.6 is 11.6 Å². The van der Waals surface area contributed by atoms with E-state index in [-0.39, 0.29) is 41.0 Å². The Balaban J connectivity index is 1.29. The van der Waals surface area contributed by atoms with Gasteiger partial charge in [0.2, 0.25) is 0 Å². The van der Waals surface area contributed by atoms with E-state index in [1.165, 1.54) is 25.3 Å². The van der Waals surface area contributed by atoms with Gasteiger partial charge in [-0.25, -0.2) is 9.18 Å². The molecule has 0 radical (unpaired) electrons. The van der Waals surface area contributed by atoms with E-state index in [4.69, 9.17) is 22.1 Å². The van der Waals surface area contributed by atoms with Gasteiger partial charge in [-0.1, -0.05) is 23.7 Å². The number of benzene rings is 1. The molecule has 5 aliphatic rings. The lowest BCUT2D eigenvalue weighted by Crippen LogP contribution is -2.59. The molecule has 2 amide bonds. The number of unbranched alkanes of at least 4 members (excludes halogenated alkanes) is 1. The van der Waals surface area contributed by atoms with Crippen LogP contribution in [-0.2, 0) is 10.3 Å². The van der Waals surface area contributed by atoms with Crippen molar-refractivity contribution in [1.82, 2.24) is 10.2 Å². The molecule has 6 atom stereocenters. The molecule has 4 saturated carbocycles. The van der Waals surface area contributed by atoms with Gasteiger partial charge in [0.1, 0.15) is 5.82 Å². The highest BCUT2D eigenvalue weighted by atomic mass is 35.5. The Hall–Kier alpha value is -1.45. The van der Waals surface area contributed by atoms with E-state index >= 15 is 4.39 Å². The number of hydrogen-bond acceptors (Lipinski definition) is 5. The maximum absolute atomic E-state index is 15.2. The molecule has 5 fully saturated rings. The number of ether oxygens (including phenoxy) is 1. The van der Waals surface area contributed by atoms with Gasteiger partial charge in [-0.05, 0) is 88.0 Å². The molecule has 1 heterocycles. The molecule has 6 unspecified atom stereocenters. The number of nitrogens with zero attached hydrogens (tertiary/aromatic N) is 1. The molecule has 218 valence electrons. The number of carbonyl (C=O) groups is 1. The van der Waals surface area contributed by atoms with Gasteiger partial charge < -0.3 is 30.9 Å². The van der Waals surface area contributed by atoms with Crippen LogP contribution in [0.1, 0.15) is 69.8 Å². The number of piperidine rings is 1. The zero-order valence-electron chi connectivity index (χ0n) is 23.1. The fourth-order valence-corrected chi connectivity index (χ4v) is 9.02. The van der Waals surface area contributed by atoms with Crippen LogP contribution in [0, 0.1) is 34.9 Å². The summed E-state index contributed by atoms with van der Waals surface area (Å²) in [6, 6.07) is 3.93. The number of nitrogens with two attached hydrogens (primary N) is 1. The van der Waals surface area contributed by atoms with Crippen LogP contribution in [0.5, 0.6) is 0 Å². The SMILES string of the molecule is COCCCCC(O)(c1cccc(Cl)c1F)C1CCCN(C(=O)NC(CN)C(O)C23CC4CC(CC2C4)C3)C1. The van der Waals surface area contributed by atoms with Crippen molar-refractivity contribution in [3.8, 4) is 0 Å². The Bertz CT molecular complexity index is 1020. The summed E-state index contributed by atoms with van der Waals surface area (Å²) in [5.74, 6) is 0.947. The van der Waals surface area contributed by atoms with Gasteiger partial charge in [-0.3, -0.25) is 0 Å². The highest BCUT2D eigenvalue weighted by Crippen LogP contribution is 2.67. The normalized spacial score (nSPS) is 32.7. The third-order valence-corrected chi connectivity index (χ3v) is 10.8. The summed E-state index contributed by atoms with van der Waals surface area (Å²) in [6.45, 7) is 1.54. The van der Waals surface area contributed by atoms with E-state index in [1.807, 2.05) is 0 Å². The molecule has 0 aromatic heterocycles. The molecular formula is C30H45ClFN3O4. The first-order chi connectivity index (χ1) is 18.7. The number of nitrogens with one attached hydrogen (secondary N) is 1. The van der Waals surface area contributed by atoms with Crippen molar-refractivity contribution in [2.45, 2.75) is 82.0 Å². The lowest BCUT2D eigenvalue weighted by molar-refractivity contribution is -0.0596. The van der Waals surface area contributed by atoms with Gasteiger partial charge in [-0.15, -0.1) is 0 Å². The molecule has 39 heavy (non-hydrogen) atoms. The summed E-state index contributed by atoms with van der Waals surface area (Å²) < 4.78 is 20.4. The monoisotopic (exact) mass is 565 g/mol. The number of halogens is 2. The molecule has 1 saturated heterocycles. The second kappa shape index (κ2) is 11.8. The lowest BCUT2D eigenvalue weighted by Gasteiger charge is -2.44. The smallest absolute Gasteiger partial charge is 0.317 e. The van der Waals surface area contributed by atoms with Crippen molar-refractivity contribution in [1.29, 1.82) is 0 Å². The molecule has 1 aliphatic heterocycles. The van der Waals surface area contributed by atoms with Crippen molar-refractivity contribution in [3.05, 3.63) is 34.6 Å². The first-order valence-corrected chi connectivity index (χ1v) is 15.2. The quantitative estimate of drug-likeness (QED) is 0.297. The fraction of sp³-hybridized carbons (Fsp3) is 0.767. The highest BCUT2D eigenvalue weighted by molar-refractivity contribution is 6.30. The standard InChI is InChI=1S/C30H45ClFN3O4/c1-39-11-3-2-9-30(38,23-7-4-8-24(31)26(23)32)21-6-5-10-35(18-21)28(37)34-25(17-33)27(36)29-15-19-12-20(16-29)14-22(29)13-19/h4,7-8,19-22,25,27,36,38H,2-3,5-6,9-18,33H2,1H3,(H,34,37). The van der Waals surface area contributed by atoms with E-state index in [9.17, 15) is 15.0 Å². The maximum atomic E-state index is 15.2. The predicted molar refractivity (Wildman–Crippen MR) is 149 cm³/mol. The number of aliphatic hydroxyl groups is 2. The second-order valence-corrected chi connectivity index (χ2v) is 13.2. The molecule has 1 aromatic rings. The number of hydrogen-bond donors (Lipinski definition) is 4. The summed E-state index contributed by atoms with van der Waals surface area (Å²) in [5, 5.41) is 26.6. The predicted octanol–water partition coefficient (Wildman–Crippen LogP) is 4.42. The second-order valence-electron chi connectivity index (χ2n) is 12.8.